The molecule has 3 saturated heterocycles. The molecule has 3 aliphatic rings. The molecular weight excluding hydrogens is 384 g/mol. The highest BCUT2D eigenvalue weighted by molar-refractivity contribution is 7.79. The Kier molecular flexibility index (Phi) is 5.14. The zero-order chi connectivity index (χ0) is 20.1. The van der Waals surface area contributed by atoms with Gasteiger partial charge in [0.2, 0.25) is 0 Å². The van der Waals surface area contributed by atoms with E-state index in [4.69, 9.17) is 45.4 Å². The Balaban J connectivity index is 1.48. The van der Waals surface area contributed by atoms with Crippen LogP contribution in [0.2, 0.25) is 0 Å². The van der Waals surface area contributed by atoms with Crippen LogP contribution in [0.15, 0.2) is 24.3 Å². The molecule has 5 atom stereocenters. The van der Waals surface area contributed by atoms with E-state index in [2.05, 4.69) is 0 Å². The van der Waals surface area contributed by atoms with Crippen LogP contribution < -0.4 is 4.74 Å². The maximum absolute atomic E-state index is 6.09. The van der Waals surface area contributed by atoms with Gasteiger partial charge in [-0.3, -0.25) is 0 Å². The molecular formula is C20H26O7S. The van der Waals surface area contributed by atoms with E-state index in [1.165, 1.54) is 0 Å². The summed E-state index contributed by atoms with van der Waals surface area (Å²) in [4.78, 5) is 0. The minimum Gasteiger partial charge on any atom is -0.447 e. The number of hydrogen-bond acceptors (Lipinski definition) is 8. The lowest BCUT2D eigenvalue weighted by molar-refractivity contribution is -0.231. The summed E-state index contributed by atoms with van der Waals surface area (Å²) >= 11 is 5.33. The van der Waals surface area contributed by atoms with Crippen molar-refractivity contribution in [2.24, 2.45) is 0 Å². The summed E-state index contributed by atoms with van der Waals surface area (Å²) in [6.45, 7) is 9.77. The fourth-order valence-corrected chi connectivity index (χ4v) is 3.86. The van der Waals surface area contributed by atoms with Gasteiger partial charge in [-0.15, -0.1) is 0 Å². The average molecular weight is 410 g/mol. The Bertz CT molecular complexity index is 733. The Morgan fingerprint density at radius 3 is 2.36 bits per heavy atom. The fourth-order valence-electron chi connectivity index (χ4n) is 3.65. The molecule has 3 aliphatic heterocycles. The summed E-state index contributed by atoms with van der Waals surface area (Å²) < 4.78 is 41.3. The molecule has 154 valence electrons. The van der Waals surface area contributed by atoms with E-state index >= 15 is 0 Å². The molecule has 0 radical (unpaired) electrons. The van der Waals surface area contributed by atoms with E-state index in [1.54, 1.807) is 0 Å². The van der Waals surface area contributed by atoms with Gasteiger partial charge < -0.3 is 33.2 Å². The van der Waals surface area contributed by atoms with Crippen molar-refractivity contribution in [1.82, 2.24) is 0 Å². The van der Waals surface area contributed by atoms with Gasteiger partial charge in [0, 0.05) is 12.2 Å². The summed E-state index contributed by atoms with van der Waals surface area (Å²) in [6, 6.07) is 7.56. The maximum atomic E-state index is 6.09. The van der Waals surface area contributed by atoms with Gasteiger partial charge in [-0.1, -0.05) is 17.7 Å². The third kappa shape index (κ3) is 4.17. The van der Waals surface area contributed by atoms with Gasteiger partial charge in [-0.05, 0) is 46.8 Å². The molecule has 8 heteroatoms. The van der Waals surface area contributed by atoms with Crippen molar-refractivity contribution < 1.29 is 33.2 Å². The van der Waals surface area contributed by atoms with Crippen LogP contribution in [0.5, 0.6) is 5.75 Å². The monoisotopic (exact) mass is 410 g/mol. The summed E-state index contributed by atoms with van der Waals surface area (Å²) in [6.07, 6.45) is -2.37. The first-order chi connectivity index (χ1) is 13.1. The molecule has 0 saturated carbocycles. The van der Waals surface area contributed by atoms with E-state index in [9.17, 15) is 0 Å². The molecule has 0 aromatic heterocycles. The molecule has 5 unspecified atom stereocenters. The number of thiocarbonyl (C=S) groups is 1. The molecule has 1 aromatic rings. The first-order valence-electron chi connectivity index (χ1n) is 9.40. The normalized spacial score (nSPS) is 35.5. The highest BCUT2D eigenvalue weighted by Crippen LogP contribution is 2.42. The third-order valence-corrected chi connectivity index (χ3v) is 5.06. The van der Waals surface area contributed by atoms with Crippen molar-refractivity contribution >= 4 is 17.5 Å². The van der Waals surface area contributed by atoms with Gasteiger partial charge in [0.05, 0.1) is 6.61 Å². The molecule has 4 rings (SSSR count). The first kappa shape index (κ1) is 20.0. The number of rotatable bonds is 3. The highest BCUT2D eigenvalue weighted by atomic mass is 32.1. The summed E-state index contributed by atoms with van der Waals surface area (Å²) in [5.41, 5.74) is 1.13. The second-order valence-electron chi connectivity index (χ2n) is 8.18. The van der Waals surface area contributed by atoms with Crippen molar-refractivity contribution in [3.8, 4) is 5.75 Å². The van der Waals surface area contributed by atoms with Crippen LogP contribution in [-0.4, -0.2) is 54.1 Å². The van der Waals surface area contributed by atoms with E-state index in [0.29, 0.717) is 12.4 Å². The van der Waals surface area contributed by atoms with Crippen LogP contribution in [-0.2, 0) is 28.4 Å². The zero-order valence-corrected chi connectivity index (χ0v) is 17.5. The summed E-state index contributed by atoms with van der Waals surface area (Å²) in [5.74, 6) is -0.850. The minimum atomic E-state index is -0.770. The Hall–Kier alpha value is -1.29. The standard InChI is InChI=1S/C20H26O7S/c1-11-6-8-12(9-7-11)22-18(28)24-15-14(13-10-21-19(2,3)25-13)23-17-16(15)26-20(4,5)27-17/h6-9,13-17H,10H2,1-5H3. The second-order valence-corrected chi connectivity index (χ2v) is 8.52. The number of hydrogen-bond donors (Lipinski definition) is 0. The Morgan fingerprint density at radius 2 is 1.71 bits per heavy atom. The Morgan fingerprint density at radius 1 is 1.00 bits per heavy atom. The molecule has 3 heterocycles. The highest BCUT2D eigenvalue weighted by Gasteiger charge is 2.60. The fraction of sp³-hybridized carbons (Fsp3) is 0.650. The average Bonchev–Trinajstić information content (AvgIpc) is 3.20. The van der Waals surface area contributed by atoms with Crippen molar-refractivity contribution in [2.75, 3.05) is 6.61 Å². The predicted molar refractivity (Wildman–Crippen MR) is 103 cm³/mol. The van der Waals surface area contributed by atoms with Gasteiger partial charge >= 0.3 is 5.24 Å². The number of benzene rings is 1. The van der Waals surface area contributed by atoms with Gasteiger partial charge in [0.25, 0.3) is 0 Å². The van der Waals surface area contributed by atoms with Crippen molar-refractivity contribution in [1.29, 1.82) is 0 Å². The van der Waals surface area contributed by atoms with Crippen LogP contribution in [0.1, 0.15) is 33.3 Å². The largest absolute Gasteiger partial charge is 0.447 e. The molecule has 0 bridgehead atoms. The number of aryl methyl sites for hydroxylation is 1. The third-order valence-electron chi connectivity index (χ3n) is 4.88. The first-order valence-corrected chi connectivity index (χ1v) is 9.81. The topological polar surface area (TPSA) is 64.6 Å². The smallest absolute Gasteiger partial charge is 0.358 e. The minimum absolute atomic E-state index is 0.00501. The SMILES string of the molecule is Cc1ccc(OC(=S)OC2C(C3COC(C)(C)O3)OC3OC(C)(C)OC32)cc1. The van der Waals surface area contributed by atoms with Crippen molar-refractivity contribution in [2.45, 2.75) is 76.9 Å². The van der Waals surface area contributed by atoms with Crippen molar-refractivity contribution in [3.05, 3.63) is 29.8 Å². The van der Waals surface area contributed by atoms with E-state index in [0.717, 1.165) is 5.56 Å². The van der Waals surface area contributed by atoms with Crippen LogP contribution in [0.25, 0.3) is 0 Å². The van der Waals surface area contributed by atoms with Crippen LogP contribution in [0.3, 0.4) is 0 Å². The zero-order valence-electron chi connectivity index (χ0n) is 16.7. The molecule has 3 fully saturated rings. The molecule has 0 aliphatic carbocycles. The molecule has 0 amide bonds. The number of ether oxygens (including phenoxy) is 7. The lowest BCUT2D eigenvalue weighted by Crippen LogP contribution is -2.45. The van der Waals surface area contributed by atoms with E-state index < -0.39 is 36.2 Å². The number of fused-ring (bicyclic) bond motifs is 1. The molecule has 0 N–H and O–H groups in total. The quantitative estimate of drug-likeness (QED) is 0.705. The van der Waals surface area contributed by atoms with E-state index in [-0.39, 0.29) is 11.3 Å². The Labute approximate surface area is 170 Å². The van der Waals surface area contributed by atoms with E-state index in [1.807, 2.05) is 58.9 Å². The summed E-state index contributed by atoms with van der Waals surface area (Å²) in [5, 5.41) is -0.00501. The molecule has 1 aromatic carbocycles. The van der Waals surface area contributed by atoms with Crippen LogP contribution >= 0.6 is 12.2 Å². The van der Waals surface area contributed by atoms with Gasteiger partial charge in [-0.2, -0.15) is 0 Å². The second kappa shape index (κ2) is 7.19. The van der Waals surface area contributed by atoms with Crippen molar-refractivity contribution in [3.63, 3.8) is 0 Å². The molecule has 7 nitrogen and oxygen atoms in total. The molecule has 0 spiro atoms. The lowest BCUT2D eigenvalue weighted by Gasteiger charge is -2.29. The van der Waals surface area contributed by atoms with Gasteiger partial charge in [0.1, 0.15) is 18.0 Å². The summed E-state index contributed by atoms with van der Waals surface area (Å²) in [7, 11) is 0. The maximum Gasteiger partial charge on any atom is 0.358 e. The lowest BCUT2D eigenvalue weighted by atomic mass is 10.1. The van der Waals surface area contributed by atoms with Gasteiger partial charge in [-0.25, -0.2) is 0 Å². The van der Waals surface area contributed by atoms with Gasteiger partial charge in [0.15, 0.2) is 30.1 Å². The molecule has 28 heavy (non-hydrogen) atoms. The van der Waals surface area contributed by atoms with Crippen LogP contribution in [0.4, 0.5) is 0 Å². The predicted octanol–water partition coefficient (Wildman–Crippen LogP) is 3.07. The van der Waals surface area contributed by atoms with Crippen LogP contribution in [0, 0.1) is 6.92 Å².